The van der Waals surface area contributed by atoms with E-state index in [1.165, 1.54) is 5.69 Å². The molecule has 1 N–H and O–H groups in total. The fraction of sp³-hybridized carbons (Fsp3) is 0.667. The molecule has 0 radical (unpaired) electrons. The highest BCUT2D eigenvalue weighted by atomic mass is 15.1. The fourth-order valence-electron chi connectivity index (χ4n) is 1.09. The van der Waals surface area contributed by atoms with Crippen molar-refractivity contribution in [2.45, 2.75) is 39.9 Å². The third-order valence-electron chi connectivity index (χ3n) is 1.83. The highest BCUT2D eigenvalue weighted by Crippen LogP contribution is 1.98. The molecule has 0 aliphatic carbocycles. The van der Waals surface area contributed by atoms with Gasteiger partial charge >= 0.3 is 0 Å². The van der Waals surface area contributed by atoms with Crippen LogP contribution in [0.15, 0.2) is 12.5 Å². The number of nitrogens with one attached hydrogen (secondary N) is 1. The van der Waals surface area contributed by atoms with Crippen LogP contribution < -0.4 is 5.32 Å². The van der Waals surface area contributed by atoms with Gasteiger partial charge in [-0.1, -0.05) is 13.8 Å². The molecule has 68 valence electrons. The van der Waals surface area contributed by atoms with Gasteiger partial charge in [-0.2, -0.15) is 0 Å². The Hall–Kier alpha value is -0.830. The molecule has 1 aromatic heterocycles. The normalized spacial score (nSPS) is 11.0. The van der Waals surface area contributed by atoms with Crippen LogP contribution in [0.25, 0.3) is 0 Å². The second-order valence-electron chi connectivity index (χ2n) is 3.21. The highest BCUT2D eigenvalue weighted by Gasteiger charge is 1.99. The van der Waals surface area contributed by atoms with Gasteiger partial charge in [0.05, 0.1) is 12.0 Å². The molecule has 0 saturated carbocycles. The van der Waals surface area contributed by atoms with Gasteiger partial charge in [-0.15, -0.1) is 0 Å². The minimum Gasteiger partial charge on any atom is -0.334 e. The SMILES string of the molecule is CCn1cncc1CNC(C)C. The molecule has 0 spiro atoms. The van der Waals surface area contributed by atoms with E-state index >= 15 is 0 Å². The first-order valence-electron chi connectivity index (χ1n) is 4.46. The summed E-state index contributed by atoms with van der Waals surface area (Å²) in [5.41, 5.74) is 1.26. The average Bonchev–Trinajstić information content (AvgIpc) is 2.47. The predicted octanol–water partition coefficient (Wildman–Crippen LogP) is 1.40. The quantitative estimate of drug-likeness (QED) is 0.734. The molecule has 1 heterocycles. The molecule has 0 atom stereocenters. The monoisotopic (exact) mass is 167 g/mol. The predicted molar refractivity (Wildman–Crippen MR) is 49.9 cm³/mol. The van der Waals surface area contributed by atoms with Crippen molar-refractivity contribution in [2.75, 3.05) is 0 Å². The molecular weight excluding hydrogens is 150 g/mol. The maximum absolute atomic E-state index is 4.09. The molecule has 1 aromatic rings. The van der Waals surface area contributed by atoms with E-state index in [9.17, 15) is 0 Å². The molecule has 1 rings (SSSR count). The van der Waals surface area contributed by atoms with Crippen molar-refractivity contribution in [3.05, 3.63) is 18.2 Å². The molecule has 0 unspecified atom stereocenters. The summed E-state index contributed by atoms with van der Waals surface area (Å²) in [6.07, 6.45) is 3.79. The molecule has 0 aliphatic heterocycles. The minimum atomic E-state index is 0.533. The van der Waals surface area contributed by atoms with Gasteiger partial charge in [-0.3, -0.25) is 0 Å². The van der Waals surface area contributed by atoms with Crippen LogP contribution in [0.4, 0.5) is 0 Å². The zero-order chi connectivity index (χ0) is 8.97. The number of aryl methyl sites for hydroxylation is 1. The van der Waals surface area contributed by atoms with Gasteiger partial charge in [0.25, 0.3) is 0 Å². The first-order chi connectivity index (χ1) is 5.74. The van der Waals surface area contributed by atoms with Crippen LogP contribution in [0.5, 0.6) is 0 Å². The van der Waals surface area contributed by atoms with E-state index in [2.05, 4.69) is 35.6 Å². The zero-order valence-corrected chi connectivity index (χ0v) is 8.04. The molecule has 0 saturated heterocycles. The molecule has 0 fully saturated rings. The zero-order valence-electron chi connectivity index (χ0n) is 8.04. The number of nitrogens with zero attached hydrogens (tertiary/aromatic N) is 2. The van der Waals surface area contributed by atoms with Gasteiger partial charge in [0.1, 0.15) is 0 Å². The van der Waals surface area contributed by atoms with Crippen LogP contribution in [0.1, 0.15) is 26.5 Å². The summed E-state index contributed by atoms with van der Waals surface area (Å²) in [5.74, 6) is 0. The maximum atomic E-state index is 4.09. The Kier molecular flexibility index (Phi) is 3.29. The number of rotatable bonds is 4. The lowest BCUT2D eigenvalue weighted by molar-refractivity contribution is 0.561. The molecular formula is C9H17N3. The summed E-state index contributed by atoms with van der Waals surface area (Å²) in [5, 5.41) is 3.36. The lowest BCUT2D eigenvalue weighted by Crippen LogP contribution is -2.23. The lowest BCUT2D eigenvalue weighted by atomic mass is 10.3. The van der Waals surface area contributed by atoms with Crippen LogP contribution in [0, 0.1) is 0 Å². The third-order valence-corrected chi connectivity index (χ3v) is 1.83. The molecule has 12 heavy (non-hydrogen) atoms. The standard InChI is InChI=1S/C9H17N3/c1-4-12-7-10-5-9(12)6-11-8(2)3/h5,7-8,11H,4,6H2,1-3H3. The Morgan fingerprint density at radius 2 is 2.33 bits per heavy atom. The van der Waals surface area contributed by atoms with Crippen LogP contribution in [0.3, 0.4) is 0 Å². The first-order valence-corrected chi connectivity index (χ1v) is 4.46. The summed E-state index contributed by atoms with van der Waals surface area (Å²) < 4.78 is 2.15. The Morgan fingerprint density at radius 1 is 1.58 bits per heavy atom. The number of imidazole rings is 1. The maximum Gasteiger partial charge on any atom is 0.0948 e. The Labute approximate surface area is 73.8 Å². The molecule has 0 amide bonds. The van der Waals surface area contributed by atoms with E-state index in [0.29, 0.717) is 6.04 Å². The van der Waals surface area contributed by atoms with Crippen molar-refractivity contribution < 1.29 is 0 Å². The number of hydrogen-bond acceptors (Lipinski definition) is 2. The number of hydrogen-bond donors (Lipinski definition) is 1. The van der Waals surface area contributed by atoms with E-state index in [0.717, 1.165) is 13.1 Å². The van der Waals surface area contributed by atoms with Gasteiger partial charge in [0, 0.05) is 25.3 Å². The van der Waals surface area contributed by atoms with Crippen molar-refractivity contribution in [1.29, 1.82) is 0 Å². The summed E-state index contributed by atoms with van der Waals surface area (Å²) in [6, 6.07) is 0.533. The largest absolute Gasteiger partial charge is 0.334 e. The second kappa shape index (κ2) is 4.26. The molecule has 3 heteroatoms. The van der Waals surface area contributed by atoms with Crippen LogP contribution in [0.2, 0.25) is 0 Å². The molecule has 0 aromatic carbocycles. The van der Waals surface area contributed by atoms with Gasteiger partial charge in [0.15, 0.2) is 0 Å². The van der Waals surface area contributed by atoms with Crippen LogP contribution in [-0.2, 0) is 13.1 Å². The van der Waals surface area contributed by atoms with Gasteiger partial charge in [-0.05, 0) is 6.92 Å². The summed E-state index contributed by atoms with van der Waals surface area (Å²) in [4.78, 5) is 4.09. The summed E-state index contributed by atoms with van der Waals surface area (Å²) in [7, 11) is 0. The van der Waals surface area contributed by atoms with E-state index in [-0.39, 0.29) is 0 Å². The van der Waals surface area contributed by atoms with E-state index in [4.69, 9.17) is 0 Å². The topological polar surface area (TPSA) is 29.9 Å². The van der Waals surface area contributed by atoms with Crippen molar-refractivity contribution >= 4 is 0 Å². The van der Waals surface area contributed by atoms with Crippen molar-refractivity contribution in [3.63, 3.8) is 0 Å². The van der Waals surface area contributed by atoms with E-state index in [1.807, 2.05) is 12.5 Å². The first kappa shape index (κ1) is 9.26. The van der Waals surface area contributed by atoms with Crippen LogP contribution in [-0.4, -0.2) is 15.6 Å². The van der Waals surface area contributed by atoms with Crippen molar-refractivity contribution in [3.8, 4) is 0 Å². The minimum absolute atomic E-state index is 0.533. The third kappa shape index (κ3) is 2.34. The van der Waals surface area contributed by atoms with Crippen LogP contribution >= 0.6 is 0 Å². The van der Waals surface area contributed by atoms with Crippen molar-refractivity contribution in [1.82, 2.24) is 14.9 Å². The van der Waals surface area contributed by atoms with Gasteiger partial charge < -0.3 is 9.88 Å². The van der Waals surface area contributed by atoms with Gasteiger partial charge in [-0.25, -0.2) is 4.98 Å². The van der Waals surface area contributed by atoms with Gasteiger partial charge in [0.2, 0.25) is 0 Å². The average molecular weight is 167 g/mol. The smallest absolute Gasteiger partial charge is 0.0948 e. The second-order valence-corrected chi connectivity index (χ2v) is 3.21. The Morgan fingerprint density at radius 3 is 2.92 bits per heavy atom. The van der Waals surface area contributed by atoms with E-state index < -0.39 is 0 Å². The Balaban J connectivity index is 2.50. The molecule has 3 nitrogen and oxygen atoms in total. The fourth-order valence-corrected chi connectivity index (χ4v) is 1.09. The summed E-state index contributed by atoms with van der Waals surface area (Å²) >= 11 is 0. The van der Waals surface area contributed by atoms with Crippen molar-refractivity contribution in [2.24, 2.45) is 0 Å². The highest BCUT2D eigenvalue weighted by molar-refractivity contribution is 4.97. The lowest BCUT2D eigenvalue weighted by Gasteiger charge is -2.09. The number of aromatic nitrogens is 2. The van der Waals surface area contributed by atoms with E-state index in [1.54, 1.807) is 0 Å². The Bertz CT molecular complexity index is 227. The summed E-state index contributed by atoms with van der Waals surface area (Å²) in [6.45, 7) is 8.32. The molecule has 0 bridgehead atoms. The molecule has 0 aliphatic rings.